The molecule has 0 aromatic rings. The van der Waals surface area contributed by atoms with Gasteiger partial charge in [-0.05, 0) is 59.3 Å². The van der Waals surface area contributed by atoms with E-state index < -0.39 is 35.8 Å². The molecule has 0 aromatic heterocycles. The van der Waals surface area contributed by atoms with Gasteiger partial charge in [0.25, 0.3) is 0 Å². The van der Waals surface area contributed by atoms with Crippen molar-refractivity contribution in [2.45, 2.75) is 83.4 Å². The van der Waals surface area contributed by atoms with Gasteiger partial charge in [-0.3, -0.25) is 19.3 Å². The zero-order chi connectivity index (χ0) is 28.0. The fraction of sp³-hybridized carbons (Fsp3) is 0.808. The number of aliphatic carboxylic acids is 1. The second-order valence-electron chi connectivity index (χ2n) is 11.7. The number of carbonyl (C=O) groups excluding carboxylic acids is 4. The van der Waals surface area contributed by atoms with Crippen LogP contribution < -0.4 is 11.1 Å². The van der Waals surface area contributed by atoms with E-state index in [9.17, 15) is 29.1 Å². The van der Waals surface area contributed by atoms with Crippen molar-refractivity contribution in [2.75, 3.05) is 39.3 Å². The number of piperidine rings is 1. The maximum atomic E-state index is 13.2. The van der Waals surface area contributed by atoms with Gasteiger partial charge in [-0.2, -0.15) is 0 Å². The lowest BCUT2D eigenvalue weighted by molar-refractivity contribution is -0.144. The first-order valence-corrected chi connectivity index (χ1v) is 13.7. The van der Waals surface area contributed by atoms with Crippen molar-refractivity contribution >= 4 is 29.8 Å². The number of likely N-dealkylation sites (tertiary alicyclic amines) is 1. The van der Waals surface area contributed by atoms with Crippen LogP contribution in [0.15, 0.2) is 0 Å². The van der Waals surface area contributed by atoms with Crippen LogP contribution >= 0.6 is 0 Å². The fourth-order valence-corrected chi connectivity index (χ4v) is 5.60. The number of rotatable bonds is 7. The van der Waals surface area contributed by atoms with Crippen molar-refractivity contribution in [3.63, 3.8) is 0 Å². The first-order valence-electron chi connectivity index (χ1n) is 13.7. The summed E-state index contributed by atoms with van der Waals surface area (Å²) < 4.78 is 5.48. The maximum absolute atomic E-state index is 13.2. The summed E-state index contributed by atoms with van der Waals surface area (Å²) >= 11 is 0. The highest BCUT2D eigenvalue weighted by Crippen LogP contribution is 2.31. The van der Waals surface area contributed by atoms with Crippen LogP contribution in [0.3, 0.4) is 0 Å². The number of carboxylic acid groups (broad SMARTS) is 1. The predicted octanol–water partition coefficient (Wildman–Crippen LogP) is 0.781. The maximum Gasteiger partial charge on any atom is 0.410 e. The van der Waals surface area contributed by atoms with Crippen molar-refractivity contribution < 1.29 is 33.8 Å². The number of carbonyl (C=O) groups is 5. The van der Waals surface area contributed by atoms with Crippen molar-refractivity contribution in [2.24, 2.45) is 17.6 Å². The Bertz CT molecular complexity index is 881. The molecule has 4 N–H and O–H groups in total. The van der Waals surface area contributed by atoms with E-state index in [-0.39, 0.29) is 23.8 Å². The smallest absolute Gasteiger partial charge is 0.410 e. The summed E-state index contributed by atoms with van der Waals surface area (Å²) in [6.07, 6.45) is 3.22. The number of nitrogens with one attached hydrogen (secondary N) is 1. The molecule has 4 amide bonds. The molecule has 214 valence electrons. The molecule has 38 heavy (non-hydrogen) atoms. The molecule has 2 heterocycles. The number of nitrogens with zero attached hydrogens (tertiary/aromatic N) is 3. The Balaban J connectivity index is 1.38. The standard InChI is InChI=1S/C26H43N5O7/c1-26(2,3)38-25(37)31-10-8-19(9-11-31)29-12-14-30(15-13-29)23(34)18-6-4-17(5-7-18)22(33)28-20(24(35)36)16-21(27)32/h17-20H,4-16H2,1-3H3,(H2,27,32)(H,28,33)(H,35,36). The van der Waals surface area contributed by atoms with E-state index >= 15 is 0 Å². The van der Waals surface area contributed by atoms with Crippen LogP contribution in [0.5, 0.6) is 0 Å². The third-order valence-corrected chi connectivity index (χ3v) is 7.73. The Kier molecular flexibility index (Phi) is 9.97. The molecule has 0 spiro atoms. The minimum Gasteiger partial charge on any atom is -0.480 e. The normalized spacial score (nSPS) is 24.4. The number of ether oxygens (including phenoxy) is 1. The Morgan fingerprint density at radius 2 is 1.42 bits per heavy atom. The van der Waals surface area contributed by atoms with Crippen LogP contribution in [0.1, 0.15) is 65.7 Å². The number of nitrogens with two attached hydrogens (primary N) is 1. The first-order chi connectivity index (χ1) is 17.8. The molecule has 1 aliphatic carbocycles. The number of hydrogen-bond acceptors (Lipinski definition) is 7. The van der Waals surface area contributed by atoms with E-state index in [4.69, 9.17) is 10.5 Å². The third-order valence-electron chi connectivity index (χ3n) is 7.73. The van der Waals surface area contributed by atoms with E-state index in [1.54, 1.807) is 4.90 Å². The van der Waals surface area contributed by atoms with Gasteiger partial charge in [0.15, 0.2) is 0 Å². The average Bonchev–Trinajstić information content (AvgIpc) is 2.87. The first kappa shape index (κ1) is 29.7. The van der Waals surface area contributed by atoms with Gasteiger partial charge in [-0.1, -0.05) is 0 Å². The van der Waals surface area contributed by atoms with Gasteiger partial charge < -0.3 is 30.7 Å². The number of primary amides is 1. The monoisotopic (exact) mass is 537 g/mol. The molecular weight excluding hydrogens is 494 g/mol. The van der Waals surface area contributed by atoms with E-state index in [1.165, 1.54) is 0 Å². The lowest BCUT2D eigenvalue weighted by atomic mass is 9.80. The number of piperazine rings is 1. The predicted molar refractivity (Wildman–Crippen MR) is 138 cm³/mol. The van der Waals surface area contributed by atoms with Gasteiger partial charge in [0.05, 0.1) is 6.42 Å². The topological polar surface area (TPSA) is 163 Å². The molecular formula is C26H43N5O7. The highest BCUT2D eigenvalue weighted by Gasteiger charge is 2.36. The molecule has 0 radical (unpaired) electrons. The zero-order valence-electron chi connectivity index (χ0n) is 22.8. The highest BCUT2D eigenvalue weighted by molar-refractivity contribution is 5.89. The van der Waals surface area contributed by atoms with Crippen LogP contribution in [-0.4, -0.2) is 107 Å². The van der Waals surface area contributed by atoms with E-state index in [0.29, 0.717) is 57.9 Å². The molecule has 3 rings (SSSR count). The highest BCUT2D eigenvalue weighted by atomic mass is 16.6. The molecule has 12 nitrogen and oxygen atoms in total. The second-order valence-corrected chi connectivity index (χ2v) is 11.7. The third kappa shape index (κ3) is 8.31. The Morgan fingerprint density at radius 1 is 0.868 bits per heavy atom. The molecule has 0 bridgehead atoms. The summed E-state index contributed by atoms with van der Waals surface area (Å²) in [5.74, 6) is -2.89. The van der Waals surface area contributed by atoms with E-state index in [2.05, 4.69) is 10.2 Å². The molecule has 12 heteroatoms. The molecule has 1 atom stereocenters. The van der Waals surface area contributed by atoms with Crippen molar-refractivity contribution in [1.82, 2.24) is 20.0 Å². The summed E-state index contributed by atoms with van der Waals surface area (Å²) in [5.41, 5.74) is 4.57. The summed E-state index contributed by atoms with van der Waals surface area (Å²) in [6, 6.07) is -0.940. The number of amides is 4. The molecule has 3 fully saturated rings. The minimum absolute atomic E-state index is 0.125. The molecule has 0 aromatic carbocycles. The lowest BCUT2D eigenvalue weighted by Gasteiger charge is -2.43. The molecule has 1 unspecified atom stereocenters. The summed E-state index contributed by atoms with van der Waals surface area (Å²) in [4.78, 5) is 66.5. The van der Waals surface area contributed by atoms with Gasteiger partial charge in [0.1, 0.15) is 11.6 Å². The SMILES string of the molecule is CC(C)(C)OC(=O)N1CCC(N2CCN(C(=O)C3CCC(C(=O)NC(CC(N)=O)C(=O)O)CC3)CC2)CC1. The van der Waals surface area contributed by atoms with E-state index in [1.807, 2.05) is 25.7 Å². The van der Waals surface area contributed by atoms with Crippen molar-refractivity contribution in [3.8, 4) is 0 Å². The second kappa shape index (κ2) is 12.8. The Morgan fingerprint density at radius 3 is 1.92 bits per heavy atom. The van der Waals surface area contributed by atoms with Gasteiger partial charge in [0, 0.05) is 57.1 Å². The van der Waals surface area contributed by atoms with Gasteiger partial charge in [-0.25, -0.2) is 9.59 Å². The average molecular weight is 538 g/mol. The summed E-state index contributed by atoms with van der Waals surface area (Å²) in [5, 5.41) is 11.6. The van der Waals surface area contributed by atoms with Gasteiger partial charge in [0.2, 0.25) is 17.7 Å². The molecule has 2 saturated heterocycles. The fourth-order valence-electron chi connectivity index (χ4n) is 5.60. The van der Waals surface area contributed by atoms with Crippen molar-refractivity contribution in [1.29, 1.82) is 0 Å². The Labute approximate surface area is 224 Å². The quantitative estimate of drug-likeness (QED) is 0.429. The Hall–Kier alpha value is -2.89. The number of carboxylic acids is 1. The van der Waals surface area contributed by atoms with Crippen LogP contribution in [-0.2, 0) is 23.9 Å². The summed E-state index contributed by atoms with van der Waals surface area (Å²) in [6.45, 7) is 9.88. The minimum atomic E-state index is -1.33. The van der Waals surface area contributed by atoms with Crippen LogP contribution in [0.4, 0.5) is 4.79 Å². The van der Waals surface area contributed by atoms with Crippen molar-refractivity contribution in [3.05, 3.63) is 0 Å². The molecule has 1 saturated carbocycles. The lowest BCUT2D eigenvalue weighted by Crippen LogP contribution is -2.56. The van der Waals surface area contributed by atoms with Crippen LogP contribution in [0.25, 0.3) is 0 Å². The van der Waals surface area contributed by atoms with Crippen LogP contribution in [0.2, 0.25) is 0 Å². The zero-order valence-corrected chi connectivity index (χ0v) is 22.8. The van der Waals surface area contributed by atoms with Gasteiger partial charge in [-0.15, -0.1) is 0 Å². The molecule has 3 aliphatic rings. The molecule has 2 aliphatic heterocycles. The summed E-state index contributed by atoms with van der Waals surface area (Å²) in [7, 11) is 0. The largest absolute Gasteiger partial charge is 0.480 e. The number of hydrogen-bond donors (Lipinski definition) is 3. The van der Waals surface area contributed by atoms with E-state index in [0.717, 1.165) is 25.9 Å². The van der Waals surface area contributed by atoms with Crippen LogP contribution in [0, 0.1) is 11.8 Å². The van der Waals surface area contributed by atoms with Gasteiger partial charge >= 0.3 is 12.1 Å².